The molecule has 0 N–H and O–H groups in total. The van der Waals surface area contributed by atoms with Gasteiger partial charge < -0.3 is 4.90 Å². The highest BCUT2D eigenvalue weighted by atomic mass is 16.1. The molecule has 5 rings (SSSR count). The monoisotopic (exact) mass is 253 g/mol. The fraction of sp³-hybridized carbons (Fsp3) is 0.471. The van der Waals surface area contributed by atoms with Crippen LogP contribution in [0.25, 0.3) is 6.08 Å². The number of ketones is 1. The van der Waals surface area contributed by atoms with E-state index in [9.17, 15) is 4.79 Å². The van der Waals surface area contributed by atoms with Crippen molar-refractivity contribution in [1.29, 1.82) is 0 Å². The molecule has 0 radical (unpaired) electrons. The summed E-state index contributed by atoms with van der Waals surface area (Å²) in [5, 5.41) is 0. The number of carbonyl (C=O) groups is 1. The molecular formula is C17H19NO. The van der Waals surface area contributed by atoms with Gasteiger partial charge in [0.2, 0.25) is 0 Å². The van der Waals surface area contributed by atoms with Crippen LogP contribution in [-0.4, -0.2) is 22.8 Å². The Balaban J connectivity index is 1.75. The molecular weight excluding hydrogens is 234 g/mol. The van der Waals surface area contributed by atoms with Gasteiger partial charge in [-0.3, -0.25) is 4.79 Å². The Kier molecular flexibility index (Phi) is 2.51. The number of fused-ring (bicyclic) bond motifs is 1. The molecule has 19 heavy (non-hydrogen) atoms. The number of nitrogens with zero attached hydrogens (tertiary/aromatic N) is 1. The predicted octanol–water partition coefficient (Wildman–Crippen LogP) is 3.24. The zero-order valence-electron chi connectivity index (χ0n) is 11.1. The van der Waals surface area contributed by atoms with E-state index in [0.29, 0.717) is 23.8 Å². The lowest BCUT2D eigenvalue weighted by atomic mass is 9.71. The molecule has 2 nitrogen and oxygen atoms in total. The quantitative estimate of drug-likeness (QED) is 0.716. The van der Waals surface area contributed by atoms with Crippen LogP contribution in [0.15, 0.2) is 36.0 Å². The Morgan fingerprint density at radius 3 is 2.42 bits per heavy atom. The van der Waals surface area contributed by atoms with E-state index < -0.39 is 0 Å². The van der Waals surface area contributed by atoms with Crippen LogP contribution < -0.4 is 0 Å². The maximum absolute atomic E-state index is 12.5. The van der Waals surface area contributed by atoms with Crippen molar-refractivity contribution < 1.29 is 4.79 Å². The number of carbonyl (C=O) groups excluding carboxylic acids is 1. The molecule has 4 aliphatic rings. The average Bonchev–Trinajstić information content (AvgIpc) is 2.43. The molecule has 0 saturated carbocycles. The summed E-state index contributed by atoms with van der Waals surface area (Å²) < 4.78 is 0. The number of hydrogen-bond acceptors (Lipinski definition) is 2. The molecule has 0 unspecified atom stereocenters. The van der Waals surface area contributed by atoms with Crippen LogP contribution in [0.1, 0.15) is 37.7 Å². The highest BCUT2D eigenvalue weighted by Crippen LogP contribution is 2.46. The van der Waals surface area contributed by atoms with E-state index in [1.54, 1.807) is 0 Å². The number of rotatable bonds is 1. The van der Waals surface area contributed by atoms with Gasteiger partial charge in [-0.05, 0) is 43.7 Å². The third kappa shape index (κ3) is 1.73. The molecule has 4 saturated heterocycles. The van der Waals surface area contributed by atoms with E-state index in [-0.39, 0.29) is 0 Å². The molecule has 0 amide bonds. The van der Waals surface area contributed by atoms with E-state index in [2.05, 4.69) is 23.1 Å². The van der Waals surface area contributed by atoms with Gasteiger partial charge >= 0.3 is 0 Å². The minimum Gasteiger partial charge on any atom is -0.363 e. The Morgan fingerprint density at radius 1 is 1.05 bits per heavy atom. The van der Waals surface area contributed by atoms with Gasteiger partial charge in [-0.25, -0.2) is 0 Å². The summed E-state index contributed by atoms with van der Waals surface area (Å²) in [5.41, 5.74) is 2.14. The smallest absolute Gasteiger partial charge is 0.182 e. The second-order valence-electron chi connectivity index (χ2n) is 6.12. The maximum atomic E-state index is 12.5. The van der Waals surface area contributed by atoms with Gasteiger partial charge in [-0.15, -0.1) is 0 Å². The summed E-state index contributed by atoms with van der Waals surface area (Å²) in [4.78, 5) is 15.0. The number of piperidine rings is 4. The first-order chi connectivity index (χ1) is 9.33. The number of allylic oxidation sites excluding steroid dienone is 1. The first-order valence-electron chi connectivity index (χ1n) is 7.42. The molecule has 4 bridgehead atoms. The predicted molar refractivity (Wildman–Crippen MR) is 75.4 cm³/mol. The summed E-state index contributed by atoms with van der Waals surface area (Å²) in [7, 11) is 0. The lowest BCUT2D eigenvalue weighted by molar-refractivity contribution is -0.132. The van der Waals surface area contributed by atoms with E-state index in [4.69, 9.17) is 0 Å². The van der Waals surface area contributed by atoms with Crippen molar-refractivity contribution in [3.05, 3.63) is 41.6 Å². The lowest BCUT2D eigenvalue weighted by Crippen LogP contribution is -2.59. The normalized spacial score (nSPS) is 34.9. The number of hydrogen-bond donors (Lipinski definition) is 0. The SMILES string of the molecule is O=C1/C(=C\c2ccccc2)N2[C@H]3CCC[C@H]2CC1C3. The molecule has 0 aromatic heterocycles. The molecule has 1 aromatic carbocycles. The number of benzene rings is 1. The van der Waals surface area contributed by atoms with E-state index >= 15 is 0 Å². The largest absolute Gasteiger partial charge is 0.363 e. The van der Waals surface area contributed by atoms with Gasteiger partial charge in [0.25, 0.3) is 0 Å². The second-order valence-corrected chi connectivity index (χ2v) is 6.12. The first-order valence-corrected chi connectivity index (χ1v) is 7.42. The van der Waals surface area contributed by atoms with Gasteiger partial charge in [0, 0.05) is 18.0 Å². The van der Waals surface area contributed by atoms with Crippen LogP contribution in [-0.2, 0) is 4.79 Å². The van der Waals surface area contributed by atoms with Crippen molar-refractivity contribution in [2.75, 3.05) is 0 Å². The topological polar surface area (TPSA) is 20.3 Å². The van der Waals surface area contributed by atoms with Crippen molar-refractivity contribution in [3.63, 3.8) is 0 Å². The lowest BCUT2D eigenvalue weighted by Gasteiger charge is -2.55. The van der Waals surface area contributed by atoms with Crippen molar-refractivity contribution in [3.8, 4) is 0 Å². The zero-order valence-corrected chi connectivity index (χ0v) is 11.1. The second kappa shape index (κ2) is 4.22. The van der Waals surface area contributed by atoms with Crippen LogP contribution in [0.4, 0.5) is 0 Å². The van der Waals surface area contributed by atoms with Gasteiger partial charge in [0.1, 0.15) is 0 Å². The fourth-order valence-electron chi connectivity index (χ4n) is 4.18. The molecule has 1 aromatic rings. The van der Waals surface area contributed by atoms with Crippen LogP contribution in [0.5, 0.6) is 0 Å². The molecule has 0 aliphatic carbocycles. The maximum Gasteiger partial charge on any atom is 0.182 e. The zero-order chi connectivity index (χ0) is 12.8. The third-order valence-corrected chi connectivity index (χ3v) is 4.98. The van der Waals surface area contributed by atoms with Gasteiger partial charge in [-0.1, -0.05) is 30.3 Å². The van der Waals surface area contributed by atoms with Crippen molar-refractivity contribution in [2.24, 2.45) is 5.92 Å². The average molecular weight is 253 g/mol. The fourth-order valence-corrected chi connectivity index (χ4v) is 4.18. The highest BCUT2D eigenvalue weighted by molar-refractivity contribution is 6.02. The molecule has 2 atom stereocenters. The molecule has 2 heteroatoms. The summed E-state index contributed by atoms with van der Waals surface area (Å²) in [6, 6.07) is 11.5. The van der Waals surface area contributed by atoms with E-state index in [1.807, 2.05) is 18.2 Å². The summed E-state index contributed by atoms with van der Waals surface area (Å²) in [5.74, 6) is 0.688. The number of Topliss-reactive ketones (excluding diaryl/α,β-unsaturated/α-hetero) is 1. The van der Waals surface area contributed by atoms with Crippen LogP contribution in [0.2, 0.25) is 0 Å². The van der Waals surface area contributed by atoms with E-state index in [0.717, 1.165) is 24.1 Å². The van der Waals surface area contributed by atoms with Crippen molar-refractivity contribution in [2.45, 2.75) is 44.2 Å². The summed E-state index contributed by atoms with van der Waals surface area (Å²) in [6.45, 7) is 0. The third-order valence-electron chi connectivity index (χ3n) is 4.98. The van der Waals surface area contributed by atoms with Gasteiger partial charge in [-0.2, -0.15) is 0 Å². The molecule has 98 valence electrons. The summed E-state index contributed by atoms with van der Waals surface area (Å²) in [6.07, 6.45) is 8.19. The van der Waals surface area contributed by atoms with Crippen molar-refractivity contribution >= 4 is 11.9 Å². The van der Waals surface area contributed by atoms with Crippen LogP contribution in [0, 0.1) is 5.92 Å². The Hall–Kier alpha value is -1.57. The molecule has 4 aliphatic heterocycles. The standard InChI is InChI=1S/C17H19NO/c19-17-13-10-14-7-4-8-15(11-13)18(14)16(17)9-12-5-2-1-3-6-12/h1-3,5-6,9,13-15H,4,7-8,10-11H2/b16-9+/t14-,15-/m0/s1. The van der Waals surface area contributed by atoms with Crippen LogP contribution >= 0.6 is 0 Å². The first kappa shape index (κ1) is 11.3. The minimum absolute atomic E-state index is 0.301. The van der Waals surface area contributed by atoms with Gasteiger partial charge in [0.05, 0.1) is 5.70 Å². The molecule has 4 heterocycles. The van der Waals surface area contributed by atoms with Gasteiger partial charge in [0.15, 0.2) is 5.78 Å². The highest BCUT2D eigenvalue weighted by Gasteiger charge is 2.48. The molecule has 0 spiro atoms. The molecule has 4 fully saturated rings. The van der Waals surface area contributed by atoms with Crippen LogP contribution in [0.3, 0.4) is 0 Å². The van der Waals surface area contributed by atoms with Crippen molar-refractivity contribution in [1.82, 2.24) is 4.90 Å². The summed E-state index contributed by atoms with van der Waals surface area (Å²) >= 11 is 0. The Labute approximate surface area is 114 Å². The Morgan fingerprint density at radius 2 is 1.74 bits per heavy atom. The van der Waals surface area contributed by atoms with E-state index in [1.165, 1.54) is 19.3 Å². The Bertz CT molecular complexity index is 519. The minimum atomic E-state index is 0.301.